The molecule has 4 atom stereocenters. The SMILES string of the molecule is NC(=O)[C@H](N)C[C@@H]1CC2C[C@@H]2C1. The van der Waals surface area contributed by atoms with Crippen LogP contribution in [0, 0.1) is 17.8 Å². The van der Waals surface area contributed by atoms with E-state index >= 15 is 0 Å². The minimum absolute atomic E-state index is 0.351. The van der Waals surface area contributed by atoms with Gasteiger partial charge in [-0.15, -0.1) is 0 Å². The van der Waals surface area contributed by atoms with Gasteiger partial charge < -0.3 is 11.5 Å². The predicted octanol–water partition coefficient (Wildman–Crippen LogP) is 0.235. The van der Waals surface area contributed by atoms with Gasteiger partial charge >= 0.3 is 0 Å². The first-order chi connectivity index (χ1) is 5.66. The topological polar surface area (TPSA) is 69.1 Å². The Morgan fingerprint density at radius 2 is 1.92 bits per heavy atom. The molecule has 2 saturated carbocycles. The van der Waals surface area contributed by atoms with Crippen LogP contribution < -0.4 is 11.5 Å². The van der Waals surface area contributed by atoms with E-state index in [1.165, 1.54) is 19.3 Å². The van der Waals surface area contributed by atoms with E-state index < -0.39 is 6.04 Å². The van der Waals surface area contributed by atoms with Gasteiger partial charge in [0.25, 0.3) is 0 Å². The second kappa shape index (κ2) is 2.73. The van der Waals surface area contributed by atoms with Crippen molar-refractivity contribution in [3.63, 3.8) is 0 Å². The average molecular weight is 168 g/mol. The van der Waals surface area contributed by atoms with E-state index in [0.717, 1.165) is 18.3 Å². The summed E-state index contributed by atoms with van der Waals surface area (Å²) < 4.78 is 0. The van der Waals surface area contributed by atoms with Gasteiger partial charge in [-0.3, -0.25) is 4.79 Å². The lowest BCUT2D eigenvalue weighted by atomic mass is 9.95. The summed E-state index contributed by atoms with van der Waals surface area (Å²) in [6.07, 6.45) is 4.79. The maximum Gasteiger partial charge on any atom is 0.234 e. The van der Waals surface area contributed by atoms with Crippen LogP contribution in [0.3, 0.4) is 0 Å². The molecule has 0 aromatic rings. The Hall–Kier alpha value is -0.570. The first kappa shape index (κ1) is 8.05. The van der Waals surface area contributed by atoms with Gasteiger partial charge in [0.05, 0.1) is 6.04 Å². The fourth-order valence-corrected chi connectivity index (χ4v) is 2.51. The number of primary amides is 1. The summed E-state index contributed by atoms with van der Waals surface area (Å²) in [5.41, 5.74) is 10.7. The molecule has 12 heavy (non-hydrogen) atoms. The van der Waals surface area contributed by atoms with Gasteiger partial charge in [0.1, 0.15) is 0 Å². The number of nitrogens with two attached hydrogens (primary N) is 2. The van der Waals surface area contributed by atoms with Crippen molar-refractivity contribution in [2.45, 2.75) is 31.7 Å². The monoisotopic (exact) mass is 168 g/mol. The molecule has 1 unspecified atom stereocenters. The van der Waals surface area contributed by atoms with E-state index in [4.69, 9.17) is 11.5 Å². The number of carbonyl (C=O) groups excluding carboxylic acids is 1. The highest BCUT2D eigenvalue weighted by atomic mass is 16.1. The Balaban J connectivity index is 1.76. The molecule has 0 saturated heterocycles. The van der Waals surface area contributed by atoms with E-state index in [2.05, 4.69) is 0 Å². The molecular weight excluding hydrogens is 152 g/mol. The van der Waals surface area contributed by atoms with Crippen molar-refractivity contribution in [3.8, 4) is 0 Å². The summed E-state index contributed by atoms with van der Waals surface area (Å²) in [6, 6.07) is -0.410. The summed E-state index contributed by atoms with van der Waals surface area (Å²) in [5.74, 6) is 2.26. The molecule has 2 fully saturated rings. The first-order valence-corrected chi connectivity index (χ1v) is 4.71. The van der Waals surface area contributed by atoms with Gasteiger partial charge in [0, 0.05) is 0 Å². The molecule has 0 spiro atoms. The fourth-order valence-electron chi connectivity index (χ4n) is 2.51. The molecule has 3 nitrogen and oxygen atoms in total. The standard InChI is InChI=1S/C9H16N2O/c10-8(9(11)12)3-5-1-6-4-7(6)2-5/h5-8H,1-4,10H2,(H2,11,12)/t5-,6-,7?,8+/m0/s1. The Morgan fingerprint density at radius 1 is 1.33 bits per heavy atom. The van der Waals surface area contributed by atoms with E-state index in [0.29, 0.717) is 5.92 Å². The van der Waals surface area contributed by atoms with E-state index in [-0.39, 0.29) is 5.91 Å². The lowest BCUT2D eigenvalue weighted by molar-refractivity contribution is -0.119. The third kappa shape index (κ3) is 1.46. The molecule has 0 heterocycles. The Morgan fingerprint density at radius 3 is 2.42 bits per heavy atom. The molecular formula is C9H16N2O. The molecule has 0 bridgehead atoms. The second-order valence-corrected chi connectivity index (χ2v) is 4.34. The summed E-state index contributed by atoms with van der Waals surface area (Å²) in [4.78, 5) is 10.7. The molecule has 0 aromatic carbocycles. The van der Waals surface area contributed by atoms with Gasteiger partial charge in [0.2, 0.25) is 5.91 Å². The largest absolute Gasteiger partial charge is 0.368 e. The van der Waals surface area contributed by atoms with Crippen LogP contribution in [0.4, 0.5) is 0 Å². The average Bonchev–Trinajstić information content (AvgIpc) is 2.59. The molecule has 0 radical (unpaired) electrons. The van der Waals surface area contributed by atoms with Crippen LogP contribution in [-0.4, -0.2) is 11.9 Å². The van der Waals surface area contributed by atoms with Crippen molar-refractivity contribution in [1.82, 2.24) is 0 Å². The maximum absolute atomic E-state index is 10.7. The molecule has 2 aliphatic rings. The number of amides is 1. The second-order valence-electron chi connectivity index (χ2n) is 4.34. The third-order valence-corrected chi connectivity index (χ3v) is 3.29. The van der Waals surface area contributed by atoms with Gasteiger partial charge in [0.15, 0.2) is 0 Å². The van der Waals surface area contributed by atoms with Crippen molar-refractivity contribution in [2.75, 3.05) is 0 Å². The Labute approximate surface area is 72.5 Å². The minimum Gasteiger partial charge on any atom is -0.368 e. The zero-order valence-electron chi connectivity index (χ0n) is 7.20. The molecule has 0 aromatic heterocycles. The quantitative estimate of drug-likeness (QED) is 0.633. The Bertz CT molecular complexity index is 195. The Kier molecular flexibility index (Phi) is 1.83. The number of hydrogen-bond acceptors (Lipinski definition) is 2. The van der Waals surface area contributed by atoms with Crippen LogP contribution in [0.25, 0.3) is 0 Å². The number of fused-ring (bicyclic) bond motifs is 1. The summed E-state index contributed by atoms with van der Waals surface area (Å²) >= 11 is 0. The molecule has 2 aliphatic carbocycles. The fraction of sp³-hybridized carbons (Fsp3) is 0.889. The van der Waals surface area contributed by atoms with Crippen LogP contribution in [0.5, 0.6) is 0 Å². The number of carbonyl (C=O) groups is 1. The molecule has 3 heteroatoms. The molecule has 1 amide bonds. The maximum atomic E-state index is 10.7. The third-order valence-electron chi connectivity index (χ3n) is 3.29. The summed E-state index contributed by atoms with van der Waals surface area (Å²) in [5, 5.41) is 0. The highest BCUT2D eigenvalue weighted by Crippen LogP contribution is 2.55. The molecule has 0 aliphatic heterocycles. The van der Waals surface area contributed by atoms with Crippen LogP contribution in [0.1, 0.15) is 25.7 Å². The zero-order valence-corrected chi connectivity index (χ0v) is 7.20. The molecule has 4 N–H and O–H groups in total. The zero-order chi connectivity index (χ0) is 8.72. The lowest BCUT2D eigenvalue weighted by Crippen LogP contribution is -2.37. The summed E-state index contributed by atoms with van der Waals surface area (Å²) in [6.45, 7) is 0. The smallest absolute Gasteiger partial charge is 0.234 e. The predicted molar refractivity (Wildman–Crippen MR) is 46.1 cm³/mol. The van der Waals surface area contributed by atoms with Crippen LogP contribution in [0.15, 0.2) is 0 Å². The van der Waals surface area contributed by atoms with Crippen LogP contribution in [-0.2, 0) is 4.79 Å². The van der Waals surface area contributed by atoms with Crippen LogP contribution >= 0.6 is 0 Å². The van der Waals surface area contributed by atoms with Crippen LogP contribution in [0.2, 0.25) is 0 Å². The number of rotatable bonds is 3. The normalized spacial score (nSPS) is 40.6. The van der Waals surface area contributed by atoms with Gasteiger partial charge in [-0.25, -0.2) is 0 Å². The summed E-state index contributed by atoms with van der Waals surface area (Å²) in [7, 11) is 0. The van der Waals surface area contributed by atoms with Crippen molar-refractivity contribution in [3.05, 3.63) is 0 Å². The highest BCUT2D eigenvalue weighted by molar-refractivity contribution is 5.79. The first-order valence-electron chi connectivity index (χ1n) is 4.71. The van der Waals surface area contributed by atoms with Gasteiger partial charge in [-0.05, 0) is 43.4 Å². The minimum atomic E-state index is -0.410. The lowest BCUT2D eigenvalue weighted by Gasteiger charge is -2.14. The van der Waals surface area contributed by atoms with Gasteiger partial charge in [-0.1, -0.05) is 0 Å². The van der Waals surface area contributed by atoms with Crippen molar-refractivity contribution in [2.24, 2.45) is 29.2 Å². The van der Waals surface area contributed by atoms with Crippen molar-refractivity contribution >= 4 is 5.91 Å². The van der Waals surface area contributed by atoms with E-state index in [1.54, 1.807) is 0 Å². The van der Waals surface area contributed by atoms with Gasteiger partial charge in [-0.2, -0.15) is 0 Å². The molecule has 2 rings (SSSR count). The van der Waals surface area contributed by atoms with Crippen molar-refractivity contribution in [1.29, 1.82) is 0 Å². The molecule has 68 valence electrons. The van der Waals surface area contributed by atoms with Crippen molar-refractivity contribution < 1.29 is 4.79 Å². The van der Waals surface area contributed by atoms with E-state index in [1.807, 2.05) is 0 Å². The highest BCUT2D eigenvalue weighted by Gasteiger charge is 2.45. The number of hydrogen-bond donors (Lipinski definition) is 2. The van der Waals surface area contributed by atoms with E-state index in [9.17, 15) is 4.79 Å².